The number of carboxylic acid groups (broad SMARTS) is 1. The van der Waals surface area contributed by atoms with Crippen LogP contribution in [0.2, 0.25) is 5.02 Å². The Morgan fingerprint density at radius 1 is 1.30 bits per heavy atom. The number of alkyl halides is 1. The molecule has 1 heterocycles. The average molecular weight is 371 g/mol. The van der Waals surface area contributed by atoms with Crippen LogP contribution in [0.5, 0.6) is 0 Å². The Balaban J connectivity index is 2.42. The number of aryl methyl sites for hydroxylation is 1. The minimum Gasteiger partial charge on any atom is -0.479 e. The van der Waals surface area contributed by atoms with Crippen molar-refractivity contribution in [3.05, 3.63) is 51.4 Å². The average Bonchev–Trinajstić information content (AvgIpc) is 2.95. The lowest BCUT2D eigenvalue weighted by Gasteiger charge is -2.02. The third kappa shape index (κ3) is 4.16. The Morgan fingerprint density at radius 2 is 2.00 bits per heavy atom. The number of carbonyl (C=O) groups excluding carboxylic acids is 1. The first-order valence-electron chi connectivity index (χ1n) is 6.63. The van der Waals surface area contributed by atoms with E-state index >= 15 is 0 Å². The van der Waals surface area contributed by atoms with E-state index in [1.807, 2.05) is 6.92 Å². The normalized spacial score (nSPS) is 12.5. The fourth-order valence-corrected chi connectivity index (χ4v) is 2.97. The van der Waals surface area contributed by atoms with Crippen molar-refractivity contribution in [3.8, 4) is 0 Å². The second-order valence-corrected chi connectivity index (χ2v) is 6.42. The Bertz CT molecular complexity index is 774. The Hall–Kier alpha value is -1.76. The van der Waals surface area contributed by atoms with Gasteiger partial charge in [0.1, 0.15) is 5.00 Å². The maximum Gasteiger partial charge on any atom is 0.345 e. The number of benzene rings is 1. The first kappa shape index (κ1) is 17.6. The molecule has 0 amide bonds. The van der Waals surface area contributed by atoms with Crippen LogP contribution in [0, 0.1) is 0 Å². The highest BCUT2D eigenvalue weighted by molar-refractivity contribution is 7.16. The molecule has 5 nitrogen and oxygen atoms in total. The number of thiophene rings is 1. The van der Waals surface area contributed by atoms with E-state index in [1.165, 1.54) is 11.3 Å². The van der Waals surface area contributed by atoms with Gasteiger partial charge in [-0.1, -0.05) is 42.3 Å². The fraction of sp³-hybridized carbons (Fsp3) is 0.200. The van der Waals surface area contributed by atoms with Crippen LogP contribution in [-0.4, -0.2) is 22.4 Å². The molecule has 1 unspecified atom stereocenters. The molecule has 1 aromatic carbocycles. The van der Waals surface area contributed by atoms with Crippen LogP contribution in [-0.2, 0) is 11.2 Å². The lowest BCUT2D eigenvalue weighted by Crippen LogP contribution is -2.08. The summed E-state index contributed by atoms with van der Waals surface area (Å²) in [7, 11) is 0. The Morgan fingerprint density at radius 3 is 2.61 bits per heavy atom. The smallest absolute Gasteiger partial charge is 0.345 e. The van der Waals surface area contributed by atoms with Crippen LogP contribution < -0.4 is 0 Å². The summed E-state index contributed by atoms with van der Waals surface area (Å²) in [6.45, 7) is 1.94. The lowest BCUT2D eigenvalue weighted by atomic mass is 10.0. The highest BCUT2D eigenvalue weighted by Gasteiger charge is 2.20. The van der Waals surface area contributed by atoms with Crippen molar-refractivity contribution in [3.63, 3.8) is 0 Å². The fourth-order valence-electron chi connectivity index (χ4n) is 1.79. The van der Waals surface area contributed by atoms with Crippen molar-refractivity contribution < 1.29 is 14.7 Å². The quantitative estimate of drug-likeness (QED) is 0.338. The summed E-state index contributed by atoms with van der Waals surface area (Å²) in [5.74, 6) is -1.59. The number of carbonyl (C=O) groups is 2. The van der Waals surface area contributed by atoms with Gasteiger partial charge in [0, 0.05) is 10.4 Å². The van der Waals surface area contributed by atoms with Gasteiger partial charge in [-0.3, -0.25) is 4.79 Å². The van der Waals surface area contributed by atoms with E-state index in [4.69, 9.17) is 28.3 Å². The minimum atomic E-state index is -1.49. The molecule has 1 aromatic heterocycles. The van der Waals surface area contributed by atoms with Gasteiger partial charge in [0.25, 0.3) is 0 Å². The minimum absolute atomic E-state index is 0.290. The van der Waals surface area contributed by atoms with Gasteiger partial charge in [0.2, 0.25) is 5.50 Å². The van der Waals surface area contributed by atoms with Gasteiger partial charge >= 0.3 is 5.97 Å². The molecule has 1 N–H and O–H groups in total. The topological polar surface area (TPSA) is 79.1 Å². The summed E-state index contributed by atoms with van der Waals surface area (Å²) < 4.78 is 0. The summed E-state index contributed by atoms with van der Waals surface area (Å²) in [6.07, 6.45) is 0.715. The maximum absolute atomic E-state index is 12.7. The molecular weight excluding hydrogens is 359 g/mol. The number of nitrogens with zero attached hydrogens (tertiary/aromatic N) is 2. The first-order valence-corrected chi connectivity index (χ1v) is 8.26. The monoisotopic (exact) mass is 370 g/mol. The number of hydrogen-bond acceptors (Lipinski definition) is 5. The molecule has 0 aliphatic rings. The van der Waals surface area contributed by atoms with Crippen LogP contribution in [0.15, 0.2) is 40.6 Å². The number of rotatable bonds is 6. The van der Waals surface area contributed by atoms with Gasteiger partial charge in [0.15, 0.2) is 5.78 Å². The number of azo groups is 1. The van der Waals surface area contributed by atoms with Crippen molar-refractivity contribution in [2.24, 2.45) is 10.2 Å². The molecule has 0 bridgehead atoms. The number of ketones is 1. The zero-order valence-corrected chi connectivity index (χ0v) is 14.3. The van der Waals surface area contributed by atoms with Gasteiger partial charge in [0.05, 0.1) is 10.6 Å². The number of carboxylic acids is 1. The van der Waals surface area contributed by atoms with E-state index in [1.54, 1.807) is 30.3 Å². The summed E-state index contributed by atoms with van der Waals surface area (Å²) in [5, 5.41) is 16.7. The van der Waals surface area contributed by atoms with E-state index < -0.39 is 11.5 Å². The molecule has 0 spiro atoms. The molecule has 1 atom stereocenters. The third-order valence-corrected chi connectivity index (χ3v) is 4.70. The molecule has 0 aliphatic heterocycles. The van der Waals surface area contributed by atoms with Gasteiger partial charge < -0.3 is 5.11 Å². The first-order chi connectivity index (χ1) is 10.9. The molecule has 8 heteroatoms. The number of aliphatic carboxylic acids is 1. The second-order valence-electron chi connectivity index (χ2n) is 4.48. The summed E-state index contributed by atoms with van der Waals surface area (Å²) in [6, 6.07) is 8.41. The predicted octanol–water partition coefficient (Wildman–Crippen LogP) is 4.93. The van der Waals surface area contributed by atoms with Crippen LogP contribution in [0.4, 0.5) is 5.00 Å². The second kappa shape index (κ2) is 7.68. The van der Waals surface area contributed by atoms with Crippen molar-refractivity contribution in [2.75, 3.05) is 0 Å². The number of hydrogen-bond donors (Lipinski definition) is 1. The van der Waals surface area contributed by atoms with Crippen LogP contribution in [0.3, 0.4) is 0 Å². The molecule has 0 saturated carbocycles. The van der Waals surface area contributed by atoms with E-state index in [9.17, 15) is 9.59 Å². The van der Waals surface area contributed by atoms with Gasteiger partial charge in [-0.05, 0) is 24.6 Å². The summed E-state index contributed by atoms with van der Waals surface area (Å²) in [4.78, 5) is 24.3. The van der Waals surface area contributed by atoms with Crippen LogP contribution in [0.25, 0.3) is 0 Å². The standard InChI is InChI=1S/C15H12Cl2N2O3S/c1-2-8-7-10(12(20)9-5-3-4-6-11(9)16)14(23-8)19-18-13(17)15(21)22/h3-7,13H,2H2,1H3,(H,21,22). The summed E-state index contributed by atoms with van der Waals surface area (Å²) in [5.41, 5.74) is -0.810. The molecular formula is C15H12Cl2N2O3S. The molecule has 0 fully saturated rings. The summed E-state index contributed by atoms with van der Waals surface area (Å²) >= 11 is 12.8. The van der Waals surface area contributed by atoms with Crippen molar-refractivity contribution in [1.82, 2.24) is 0 Å². The van der Waals surface area contributed by atoms with Gasteiger partial charge in [-0.2, -0.15) is 5.11 Å². The van der Waals surface area contributed by atoms with E-state index in [0.29, 0.717) is 27.6 Å². The number of halogens is 2. The van der Waals surface area contributed by atoms with Crippen LogP contribution in [0.1, 0.15) is 27.7 Å². The predicted molar refractivity (Wildman–Crippen MR) is 90.4 cm³/mol. The van der Waals surface area contributed by atoms with E-state index in [0.717, 1.165) is 4.88 Å². The van der Waals surface area contributed by atoms with Crippen molar-refractivity contribution in [1.29, 1.82) is 0 Å². The highest BCUT2D eigenvalue weighted by atomic mass is 35.5. The van der Waals surface area contributed by atoms with E-state index in [-0.39, 0.29) is 5.78 Å². The Labute approximate surface area is 146 Å². The molecule has 2 aromatic rings. The molecule has 120 valence electrons. The third-order valence-electron chi connectivity index (χ3n) is 2.93. The van der Waals surface area contributed by atoms with Crippen molar-refractivity contribution in [2.45, 2.75) is 18.8 Å². The zero-order valence-electron chi connectivity index (χ0n) is 12.0. The van der Waals surface area contributed by atoms with Crippen LogP contribution >= 0.6 is 34.5 Å². The van der Waals surface area contributed by atoms with Gasteiger partial charge in [-0.25, -0.2) is 4.79 Å². The largest absolute Gasteiger partial charge is 0.479 e. The van der Waals surface area contributed by atoms with Crippen molar-refractivity contribution >= 4 is 51.3 Å². The zero-order chi connectivity index (χ0) is 17.0. The molecule has 0 saturated heterocycles. The molecule has 0 aliphatic carbocycles. The highest BCUT2D eigenvalue weighted by Crippen LogP contribution is 2.34. The molecule has 2 rings (SSSR count). The van der Waals surface area contributed by atoms with Gasteiger partial charge in [-0.15, -0.1) is 16.5 Å². The SMILES string of the molecule is CCc1cc(C(=O)c2ccccc2Cl)c(N=NC(Cl)C(=O)O)s1. The Kier molecular flexibility index (Phi) is 5.87. The molecule has 23 heavy (non-hydrogen) atoms. The molecule has 0 radical (unpaired) electrons. The van der Waals surface area contributed by atoms with E-state index in [2.05, 4.69) is 10.2 Å². The lowest BCUT2D eigenvalue weighted by molar-refractivity contribution is -0.136. The maximum atomic E-state index is 12.7.